The first-order valence-electron chi connectivity index (χ1n) is 8.12. The molecular weight excluding hydrogens is 268 g/mol. The number of aromatic nitrogens is 1. The zero-order valence-corrected chi connectivity index (χ0v) is 12.7. The Morgan fingerprint density at radius 2 is 1.50 bits per heavy atom. The average molecular weight is 288 g/mol. The molecule has 0 saturated carbocycles. The maximum atomic E-state index is 4.98. The maximum Gasteiger partial charge on any atom is 0.0943 e. The van der Waals surface area contributed by atoms with Gasteiger partial charge in [0.05, 0.1) is 16.9 Å². The Labute approximate surface area is 131 Å². The fourth-order valence-corrected chi connectivity index (χ4v) is 3.29. The van der Waals surface area contributed by atoms with Crippen LogP contribution in [-0.2, 0) is 0 Å². The van der Waals surface area contributed by atoms with Gasteiger partial charge in [-0.05, 0) is 31.4 Å². The lowest BCUT2D eigenvalue weighted by Gasteiger charge is -2.30. The summed E-state index contributed by atoms with van der Waals surface area (Å²) in [7, 11) is 0. The van der Waals surface area contributed by atoms with Crippen molar-refractivity contribution in [3.63, 3.8) is 0 Å². The van der Waals surface area contributed by atoms with Crippen LogP contribution in [0.25, 0.3) is 22.2 Å². The Hall–Kier alpha value is -2.35. The van der Waals surface area contributed by atoms with Crippen LogP contribution in [0.5, 0.6) is 0 Å². The van der Waals surface area contributed by atoms with Crippen molar-refractivity contribution in [1.82, 2.24) is 4.98 Å². The summed E-state index contributed by atoms with van der Waals surface area (Å²) in [5.41, 5.74) is 4.67. The van der Waals surface area contributed by atoms with Gasteiger partial charge in [-0.2, -0.15) is 0 Å². The molecule has 0 unspecified atom stereocenters. The van der Waals surface area contributed by atoms with Gasteiger partial charge in [-0.3, -0.25) is 0 Å². The summed E-state index contributed by atoms with van der Waals surface area (Å²) < 4.78 is 0. The van der Waals surface area contributed by atoms with Gasteiger partial charge in [0.15, 0.2) is 0 Å². The fraction of sp³-hybridized carbons (Fsp3) is 0.250. The van der Waals surface area contributed by atoms with Gasteiger partial charge in [-0.15, -0.1) is 0 Å². The lowest BCUT2D eigenvalue weighted by atomic mass is 10.0. The summed E-state index contributed by atoms with van der Waals surface area (Å²) in [4.78, 5) is 7.48. The van der Waals surface area contributed by atoms with E-state index in [1.807, 2.05) is 0 Å². The van der Waals surface area contributed by atoms with Crippen LogP contribution in [0.15, 0.2) is 60.7 Å². The second-order valence-corrected chi connectivity index (χ2v) is 5.96. The van der Waals surface area contributed by atoms with Gasteiger partial charge < -0.3 is 4.90 Å². The molecule has 1 aliphatic rings. The van der Waals surface area contributed by atoms with Crippen LogP contribution in [0.3, 0.4) is 0 Å². The molecule has 0 spiro atoms. The molecule has 110 valence electrons. The minimum absolute atomic E-state index is 1.07. The van der Waals surface area contributed by atoms with Gasteiger partial charge >= 0.3 is 0 Å². The topological polar surface area (TPSA) is 16.1 Å². The van der Waals surface area contributed by atoms with E-state index < -0.39 is 0 Å². The standard InChI is InChI=1S/C20H20N2/c1-3-9-16(10-4-1)20-19(22-13-7-2-8-14-22)15-17-11-5-6-12-18(17)21-20/h1,3-6,9-12,15H,2,7-8,13-14H2. The van der Waals surface area contributed by atoms with E-state index in [2.05, 4.69) is 65.6 Å². The van der Waals surface area contributed by atoms with Crippen LogP contribution in [0.1, 0.15) is 19.3 Å². The molecule has 1 fully saturated rings. The summed E-state index contributed by atoms with van der Waals surface area (Å²) in [5.74, 6) is 0. The molecule has 1 aromatic heterocycles. The van der Waals surface area contributed by atoms with Crippen LogP contribution < -0.4 is 4.90 Å². The first-order valence-corrected chi connectivity index (χ1v) is 8.12. The highest BCUT2D eigenvalue weighted by Crippen LogP contribution is 2.33. The number of piperidine rings is 1. The molecule has 4 rings (SSSR count). The van der Waals surface area contributed by atoms with Crippen LogP contribution in [0, 0.1) is 0 Å². The monoisotopic (exact) mass is 288 g/mol. The molecule has 0 aliphatic carbocycles. The summed E-state index contributed by atoms with van der Waals surface area (Å²) in [6, 6.07) is 21.3. The molecule has 2 heterocycles. The van der Waals surface area contributed by atoms with Crippen molar-refractivity contribution in [2.24, 2.45) is 0 Å². The number of hydrogen-bond acceptors (Lipinski definition) is 2. The third kappa shape index (κ3) is 2.45. The van der Waals surface area contributed by atoms with Crippen molar-refractivity contribution in [1.29, 1.82) is 0 Å². The lowest BCUT2D eigenvalue weighted by Crippen LogP contribution is -2.30. The highest BCUT2D eigenvalue weighted by atomic mass is 15.1. The Balaban J connectivity index is 1.91. The molecule has 2 aromatic carbocycles. The van der Waals surface area contributed by atoms with Crippen molar-refractivity contribution < 1.29 is 0 Å². The van der Waals surface area contributed by atoms with Crippen LogP contribution in [-0.4, -0.2) is 18.1 Å². The van der Waals surface area contributed by atoms with E-state index in [9.17, 15) is 0 Å². The van der Waals surface area contributed by atoms with Gasteiger partial charge in [-0.1, -0.05) is 48.5 Å². The molecule has 0 amide bonds. The summed E-state index contributed by atoms with van der Waals surface area (Å²) in [5, 5.41) is 1.22. The third-order valence-electron chi connectivity index (χ3n) is 4.45. The molecule has 0 atom stereocenters. The van der Waals surface area contributed by atoms with E-state index >= 15 is 0 Å². The Morgan fingerprint density at radius 3 is 2.32 bits per heavy atom. The molecule has 2 heteroatoms. The molecule has 0 bridgehead atoms. The largest absolute Gasteiger partial charge is 0.370 e. The SMILES string of the molecule is c1ccc(-c2nc3ccccc3cc2N2CCCCC2)cc1. The van der Waals surface area contributed by atoms with Gasteiger partial charge in [0, 0.05) is 24.0 Å². The second-order valence-electron chi connectivity index (χ2n) is 5.96. The zero-order chi connectivity index (χ0) is 14.8. The number of nitrogens with zero attached hydrogens (tertiary/aromatic N) is 2. The van der Waals surface area contributed by atoms with E-state index in [1.54, 1.807) is 0 Å². The quantitative estimate of drug-likeness (QED) is 0.667. The number of rotatable bonds is 2. The van der Waals surface area contributed by atoms with Crippen molar-refractivity contribution in [2.45, 2.75) is 19.3 Å². The van der Waals surface area contributed by atoms with Crippen molar-refractivity contribution in [3.8, 4) is 11.3 Å². The molecule has 0 radical (unpaired) electrons. The van der Waals surface area contributed by atoms with Gasteiger partial charge in [0.2, 0.25) is 0 Å². The maximum absolute atomic E-state index is 4.98. The molecule has 0 N–H and O–H groups in total. The third-order valence-corrected chi connectivity index (χ3v) is 4.45. The molecular formula is C20H20N2. The predicted molar refractivity (Wildman–Crippen MR) is 93.2 cm³/mol. The van der Waals surface area contributed by atoms with Crippen molar-refractivity contribution in [2.75, 3.05) is 18.0 Å². The van der Waals surface area contributed by atoms with E-state index in [0.29, 0.717) is 0 Å². The number of anilines is 1. The Kier molecular flexibility index (Phi) is 3.51. The van der Waals surface area contributed by atoms with E-state index in [4.69, 9.17) is 4.98 Å². The molecule has 1 saturated heterocycles. The second kappa shape index (κ2) is 5.80. The molecule has 3 aromatic rings. The number of fused-ring (bicyclic) bond motifs is 1. The molecule has 2 nitrogen and oxygen atoms in total. The smallest absolute Gasteiger partial charge is 0.0943 e. The minimum atomic E-state index is 1.07. The molecule has 1 aliphatic heterocycles. The summed E-state index contributed by atoms with van der Waals surface area (Å²) in [6.07, 6.45) is 3.90. The zero-order valence-electron chi connectivity index (χ0n) is 12.7. The van der Waals surface area contributed by atoms with Gasteiger partial charge in [0.1, 0.15) is 0 Å². The lowest BCUT2D eigenvalue weighted by molar-refractivity contribution is 0.578. The number of hydrogen-bond donors (Lipinski definition) is 0. The number of para-hydroxylation sites is 1. The fourth-order valence-electron chi connectivity index (χ4n) is 3.29. The average Bonchev–Trinajstić information content (AvgIpc) is 2.62. The van der Waals surface area contributed by atoms with E-state index in [-0.39, 0.29) is 0 Å². The highest BCUT2D eigenvalue weighted by molar-refractivity contribution is 5.89. The first kappa shape index (κ1) is 13.3. The van der Waals surface area contributed by atoms with Gasteiger partial charge in [0.25, 0.3) is 0 Å². The summed E-state index contributed by atoms with van der Waals surface area (Å²) in [6.45, 7) is 2.28. The van der Waals surface area contributed by atoms with E-state index in [0.717, 1.165) is 24.3 Å². The highest BCUT2D eigenvalue weighted by Gasteiger charge is 2.17. The Bertz CT molecular complexity index is 774. The first-order chi connectivity index (χ1) is 10.9. The predicted octanol–water partition coefficient (Wildman–Crippen LogP) is 4.89. The van der Waals surface area contributed by atoms with Crippen molar-refractivity contribution in [3.05, 3.63) is 60.7 Å². The normalized spacial score (nSPS) is 15.2. The van der Waals surface area contributed by atoms with Gasteiger partial charge in [-0.25, -0.2) is 4.98 Å². The number of benzene rings is 2. The molecule has 22 heavy (non-hydrogen) atoms. The van der Waals surface area contributed by atoms with E-state index in [1.165, 1.54) is 35.9 Å². The van der Waals surface area contributed by atoms with Crippen LogP contribution in [0.2, 0.25) is 0 Å². The van der Waals surface area contributed by atoms with Crippen molar-refractivity contribution >= 4 is 16.6 Å². The Morgan fingerprint density at radius 1 is 0.773 bits per heavy atom. The summed E-state index contributed by atoms with van der Waals surface area (Å²) >= 11 is 0. The van der Waals surface area contributed by atoms with Crippen LogP contribution >= 0.6 is 0 Å². The number of pyridine rings is 1. The minimum Gasteiger partial charge on any atom is -0.370 e. The van der Waals surface area contributed by atoms with Crippen LogP contribution in [0.4, 0.5) is 5.69 Å².